The average Bonchev–Trinajstić information content (AvgIpc) is 2.77. The van der Waals surface area contributed by atoms with E-state index in [1.807, 2.05) is 18.2 Å². The predicted octanol–water partition coefficient (Wildman–Crippen LogP) is 2.72. The Balaban J connectivity index is 2.15. The summed E-state index contributed by atoms with van der Waals surface area (Å²) >= 11 is 0. The molecule has 1 aliphatic rings. The summed E-state index contributed by atoms with van der Waals surface area (Å²) in [5.41, 5.74) is 1.25. The van der Waals surface area contributed by atoms with Gasteiger partial charge >= 0.3 is 0 Å². The van der Waals surface area contributed by atoms with Crippen LogP contribution in [-0.4, -0.2) is 12.7 Å². The zero-order valence-electron chi connectivity index (χ0n) is 8.89. The van der Waals surface area contributed by atoms with Crippen LogP contribution in [0.3, 0.4) is 0 Å². The van der Waals surface area contributed by atoms with Crippen LogP contribution in [0.5, 0.6) is 0 Å². The van der Waals surface area contributed by atoms with Gasteiger partial charge in [-0.2, -0.15) is 5.26 Å². The summed E-state index contributed by atoms with van der Waals surface area (Å²) in [5, 5.41) is 9.00. The first-order valence-electron chi connectivity index (χ1n) is 5.39. The van der Waals surface area contributed by atoms with Crippen molar-refractivity contribution in [1.82, 2.24) is 0 Å². The van der Waals surface area contributed by atoms with Gasteiger partial charge in [0.25, 0.3) is 0 Å². The fourth-order valence-electron chi connectivity index (χ4n) is 2.19. The molecule has 0 aromatic heterocycles. The molecule has 2 rings (SSSR count). The van der Waals surface area contributed by atoms with Gasteiger partial charge in [-0.3, -0.25) is 0 Å². The zero-order chi connectivity index (χ0) is 10.7. The van der Waals surface area contributed by atoms with Gasteiger partial charge in [-0.05, 0) is 12.0 Å². The molecule has 0 amide bonds. The fraction of sp³-hybridized carbons (Fsp3) is 0.462. The summed E-state index contributed by atoms with van der Waals surface area (Å²) in [6.45, 7) is 2.86. The number of hydrogen-bond donors (Lipinski definition) is 0. The third-order valence-corrected chi connectivity index (χ3v) is 3.12. The van der Waals surface area contributed by atoms with Gasteiger partial charge in [0.05, 0.1) is 18.1 Å². The normalized spacial score (nSPS) is 27.2. The van der Waals surface area contributed by atoms with E-state index in [1.54, 1.807) is 0 Å². The molecular formula is C13H15NO. The van der Waals surface area contributed by atoms with E-state index in [0.717, 1.165) is 13.0 Å². The molecular weight excluding hydrogens is 186 g/mol. The van der Waals surface area contributed by atoms with Gasteiger partial charge in [-0.1, -0.05) is 37.3 Å². The van der Waals surface area contributed by atoms with Crippen molar-refractivity contribution < 1.29 is 4.74 Å². The second kappa shape index (κ2) is 4.46. The zero-order valence-corrected chi connectivity index (χ0v) is 8.89. The quantitative estimate of drug-likeness (QED) is 0.737. The van der Waals surface area contributed by atoms with E-state index in [9.17, 15) is 0 Å². The van der Waals surface area contributed by atoms with Crippen molar-refractivity contribution >= 4 is 0 Å². The molecule has 1 heterocycles. The Kier molecular flexibility index (Phi) is 3.03. The average molecular weight is 201 g/mol. The van der Waals surface area contributed by atoms with E-state index < -0.39 is 0 Å². The number of ether oxygens (including phenoxy) is 1. The molecule has 1 aromatic rings. The molecule has 1 fully saturated rings. The minimum Gasteiger partial charge on any atom is -0.376 e. The summed E-state index contributed by atoms with van der Waals surface area (Å²) in [6.07, 6.45) is 0.940. The molecule has 0 saturated carbocycles. The van der Waals surface area contributed by atoms with Gasteiger partial charge in [-0.25, -0.2) is 0 Å². The number of hydrogen-bond acceptors (Lipinski definition) is 2. The standard InChI is InChI=1S/C13H15NO/c1-10(11-5-3-2-4-6-11)13-12(9-14)7-8-15-13/h2-6,10,12-13H,7-8H2,1H3. The van der Waals surface area contributed by atoms with Crippen LogP contribution in [-0.2, 0) is 4.74 Å². The number of benzene rings is 1. The van der Waals surface area contributed by atoms with Crippen LogP contribution in [0.1, 0.15) is 24.8 Å². The molecule has 78 valence electrons. The summed E-state index contributed by atoms with van der Waals surface area (Å²) in [7, 11) is 0. The van der Waals surface area contributed by atoms with Crippen molar-refractivity contribution in [2.24, 2.45) is 5.92 Å². The maximum Gasteiger partial charge on any atom is 0.0799 e. The van der Waals surface area contributed by atoms with Gasteiger partial charge in [0.1, 0.15) is 0 Å². The van der Waals surface area contributed by atoms with E-state index in [0.29, 0.717) is 5.92 Å². The lowest BCUT2D eigenvalue weighted by atomic mass is 9.88. The van der Waals surface area contributed by atoms with Crippen molar-refractivity contribution in [2.75, 3.05) is 6.61 Å². The van der Waals surface area contributed by atoms with Crippen LogP contribution in [0.4, 0.5) is 0 Å². The molecule has 0 bridgehead atoms. The largest absolute Gasteiger partial charge is 0.376 e. The molecule has 0 aliphatic carbocycles. The van der Waals surface area contributed by atoms with Crippen molar-refractivity contribution in [3.8, 4) is 6.07 Å². The van der Waals surface area contributed by atoms with Crippen molar-refractivity contribution in [3.63, 3.8) is 0 Å². The van der Waals surface area contributed by atoms with Gasteiger partial charge < -0.3 is 4.74 Å². The highest BCUT2D eigenvalue weighted by Crippen LogP contribution is 2.32. The van der Waals surface area contributed by atoms with Crippen LogP contribution in [0.25, 0.3) is 0 Å². The summed E-state index contributed by atoms with van der Waals surface area (Å²) < 4.78 is 5.65. The maximum atomic E-state index is 9.00. The minimum absolute atomic E-state index is 0.0557. The molecule has 15 heavy (non-hydrogen) atoms. The molecule has 3 atom stereocenters. The number of nitrogens with zero attached hydrogens (tertiary/aromatic N) is 1. The molecule has 2 heteroatoms. The van der Waals surface area contributed by atoms with E-state index in [-0.39, 0.29) is 12.0 Å². The number of nitriles is 1. The van der Waals surface area contributed by atoms with Crippen LogP contribution in [0.2, 0.25) is 0 Å². The highest BCUT2D eigenvalue weighted by molar-refractivity contribution is 5.21. The van der Waals surface area contributed by atoms with E-state index >= 15 is 0 Å². The van der Waals surface area contributed by atoms with Gasteiger partial charge in [0.2, 0.25) is 0 Å². The van der Waals surface area contributed by atoms with E-state index in [2.05, 4.69) is 25.1 Å². The smallest absolute Gasteiger partial charge is 0.0799 e. The lowest BCUT2D eigenvalue weighted by molar-refractivity contribution is 0.0819. The Labute approximate surface area is 90.5 Å². The Morgan fingerprint density at radius 1 is 1.40 bits per heavy atom. The van der Waals surface area contributed by atoms with E-state index in [1.165, 1.54) is 5.56 Å². The second-order valence-electron chi connectivity index (χ2n) is 4.06. The first kappa shape index (κ1) is 10.2. The second-order valence-corrected chi connectivity index (χ2v) is 4.06. The maximum absolute atomic E-state index is 9.00. The topological polar surface area (TPSA) is 33.0 Å². The fourth-order valence-corrected chi connectivity index (χ4v) is 2.19. The Bertz CT molecular complexity index is 355. The minimum atomic E-state index is 0.0557. The monoisotopic (exact) mass is 201 g/mol. The number of rotatable bonds is 2. The molecule has 0 spiro atoms. The van der Waals surface area contributed by atoms with Crippen LogP contribution >= 0.6 is 0 Å². The van der Waals surface area contributed by atoms with Crippen LogP contribution in [0, 0.1) is 17.2 Å². The molecule has 0 radical (unpaired) electrons. The molecule has 3 unspecified atom stereocenters. The van der Waals surface area contributed by atoms with Gasteiger partial charge in [0.15, 0.2) is 0 Å². The van der Waals surface area contributed by atoms with Crippen molar-refractivity contribution in [3.05, 3.63) is 35.9 Å². The molecule has 2 nitrogen and oxygen atoms in total. The van der Waals surface area contributed by atoms with Crippen LogP contribution < -0.4 is 0 Å². The first-order valence-corrected chi connectivity index (χ1v) is 5.39. The summed E-state index contributed by atoms with van der Waals surface area (Å²) in [4.78, 5) is 0. The first-order chi connectivity index (χ1) is 7.33. The third-order valence-electron chi connectivity index (χ3n) is 3.12. The molecule has 1 aliphatic heterocycles. The summed E-state index contributed by atoms with van der Waals surface area (Å²) in [5.74, 6) is 0.360. The Hall–Kier alpha value is -1.33. The molecule has 0 N–H and O–H groups in total. The Morgan fingerprint density at radius 2 is 2.13 bits per heavy atom. The SMILES string of the molecule is CC(c1ccccc1)C1OCCC1C#N. The lowest BCUT2D eigenvalue weighted by Crippen LogP contribution is -2.21. The highest BCUT2D eigenvalue weighted by Gasteiger charge is 2.33. The van der Waals surface area contributed by atoms with Crippen LogP contribution in [0.15, 0.2) is 30.3 Å². The third kappa shape index (κ3) is 2.03. The lowest BCUT2D eigenvalue weighted by Gasteiger charge is -2.21. The van der Waals surface area contributed by atoms with Gasteiger partial charge in [-0.15, -0.1) is 0 Å². The molecule has 1 aromatic carbocycles. The van der Waals surface area contributed by atoms with Crippen molar-refractivity contribution in [1.29, 1.82) is 5.26 Å². The van der Waals surface area contributed by atoms with Crippen molar-refractivity contribution in [2.45, 2.75) is 25.4 Å². The Morgan fingerprint density at radius 3 is 2.80 bits per heavy atom. The highest BCUT2D eigenvalue weighted by atomic mass is 16.5. The van der Waals surface area contributed by atoms with Gasteiger partial charge in [0, 0.05) is 12.5 Å². The molecule has 1 saturated heterocycles. The summed E-state index contributed by atoms with van der Waals surface area (Å²) in [6, 6.07) is 12.6. The van der Waals surface area contributed by atoms with E-state index in [4.69, 9.17) is 10.00 Å². The predicted molar refractivity (Wildman–Crippen MR) is 58.3 cm³/mol.